The van der Waals surface area contributed by atoms with Crippen LogP contribution in [0.15, 0.2) is 18.2 Å². The summed E-state index contributed by atoms with van der Waals surface area (Å²) in [4.78, 5) is 13.4. The molecule has 5 nitrogen and oxygen atoms in total. The van der Waals surface area contributed by atoms with Crippen molar-refractivity contribution in [3.63, 3.8) is 0 Å². The number of para-hydroxylation sites is 1. The molecule has 0 spiro atoms. The van der Waals surface area contributed by atoms with Gasteiger partial charge in [0.2, 0.25) is 0 Å². The Morgan fingerprint density at radius 3 is 2.76 bits per heavy atom. The minimum absolute atomic E-state index is 0.332. The summed E-state index contributed by atoms with van der Waals surface area (Å²) in [5, 5.41) is 12.5. The van der Waals surface area contributed by atoms with Gasteiger partial charge in [-0.1, -0.05) is 6.07 Å². The van der Waals surface area contributed by atoms with Crippen LogP contribution in [0.2, 0.25) is 0 Å². The van der Waals surface area contributed by atoms with Crippen LogP contribution in [0, 0.1) is 25.2 Å². The predicted octanol–water partition coefficient (Wildman–Crippen LogP) is 3.08. The van der Waals surface area contributed by atoms with E-state index < -0.39 is 0 Å². The summed E-state index contributed by atoms with van der Waals surface area (Å²) in [5.41, 5.74) is 7.90. The number of amides is 1. The first kappa shape index (κ1) is 14.9. The van der Waals surface area contributed by atoms with E-state index in [2.05, 4.69) is 11.4 Å². The molecule has 0 saturated carbocycles. The maximum atomic E-state index is 12.4. The van der Waals surface area contributed by atoms with Crippen LogP contribution in [-0.4, -0.2) is 13.0 Å². The van der Waals surface area contributed by atoms with Crippen LogP contribution in [-0.2, 0) is 0 Å². The second kappa shape index (κ2) is 5.85. The Kier molecular flexibility index (Phi) is 4.15. The number of hydrogen-bond acceptors (Lipinski definition) is 5. The third-order valence-corrected chi connectivity index (χ3v) is 4.34. The fraction of sp³-hybridized carbons (Fsp3) is 0.200. The number of nitriles is 1. The molecule has 2 rings (SSSR count). The van der Waals surface area contributed by atoms with Crippen molar-refractivity contribution in [2.24, 2.45) is 0 Å². The summed E-state index contributed by atoms with van der Waals surface area (Å²) in [6.45, 7) is 3.78. The number of carbonyl (C=O) groups excluding carboxylic acids is 1. The maximum Gasteiger partial charge on any atom is 0.260 e. The van der Waals surface area contributed by atoms with Crippen molar-refractivity contribution in [2.45, 2.75) is 13.8 Å². The summed E-state index contributed by atoms with van der Waals surface area (Å²) in [7, 11) is 1.46. The molecule has 0 fully saturated rings. The first-order valence-corrected chi connectivity index (χ1v) is 7.05. The second-order valence-electron chi connectivity index (χ2n) is 4.48. The first-order chi connectivity index (χ1) is 9.99. The molecule has 6 heteroatoms. The number of ether oxygens (including phenoxy) is 1. The minimum Gasteiger partial charge on any atom is -0.494 e. The van der Waals surface area contributed by atoms with Gasteiger partial charge in [-0.25, -0.2) is 0 Å². The van der Waals surface area contributed by atoms with E-state index in [1.54, 1.807) is 18.2 Å². The molecular formula is C15H15N3O2S. The number of carbonyl (C=O) groups is 1. The number of rotatable bonds is 3. The van der Waals surface area contributed by atoms with E-state index >= 15 is 0 Å². The SMILES string of the molecule is COc1c(N)cccc1C(=O)Nc1sc(C)c(C)c1C#N. The molecular weight excluding hydrogens is 286 g/mol. The van der Waals surface area contributed by atoms with Crippen molar-refractivity contribution >= 4 is 27.9 Å². The van der Waals surface area contributed by atoms with Gasteiger partial charge in [-0.2, -0.15) is 5.26 Å². The normalized spacial score (nSPS) is 10.0. The van der Waals surface area contributed by atoms with Crippen LogP contribution >= 0.6 is 11.3 Å². The Labute approximate surface area is 127 Å². The van der Waals surface area contributed by atoms with Gasteiger partial charge >= 0.3 is 0 Å². The zero-order valence-corrected chi connectivity index (χ0v) is 12.8. The number of hydrogen-bond donors (Lipinski definition) is 2. The van der Waals surface area contributed by atoms with Crippen LogP contribution in [0.1, 0.15) is 26.4 Å². The third kappa shape index (κ3) is 2.69. The van der Waals surface area contributed by atoms with Crippen molar-refractivity contribution in [1.82, 2.24) is 0 Å². The van der Waals surface area contributed by atoms with Gasteiger partial charge in [0, 0.05) is 4.88 Å². The molecule has 1 aromatic heterocycles. The number of anilines is 2. The van der Waals surface area contributed by atoms with Gasteiger partial charge in [-0.15, -0.1) is 11.3 Å². The number of aryl methyl sites for hydroxylation is 1. The number of nitrogens with zero attached hydrogens (tertiary/aromatic N) is 1. The highest BCUT2D eigenvalue weighted by Crippen LogP contribution is 2.33. The van der Waals surface area contributed by atoms with E-state index in [1.165, 1.54) is 18.4 Å². The molecule has 1 aromatic carbocycles. The van der Waals surface area contributed by atoms with Crippen LogP contribution in [0.4, 0.5) is 10.7 Å². The lowest BCUT2D eigenvalue weighted by Crippen LogP contribution is -2.13. The molecule has 0 atom stereocenters. The van der Waals surface area contributed by atoms with Crippen molar-refractivity contribution in [3.8, 4) is 11.8 Å². The topological polar surface area (TPSA) is 88.1 Å². The second-order valence-corrected chi connectivity index (χ2v) is 5.71. The summed E-state index contributed by atoms with van der Waals surface area (Å²) in [5.74, 6) is -0.0181. The molecule has 1 amide bonds. The third-order valence-electron chi connectivity index (χ3n) is 3.22. The highest BCUT2D eigenvalue weighted by atomic mass is 32.1. The number of nitrogen functional groups attached to an aromatic ring is 1. The molecule has 21 heavy (non-hydrogen) atoms. The van der Waals surface area contributed by atoms with E-state index in [9.17, 15) is 10.1 Å². The van der Waals surface area contributed by atoms with Crippen LogP contribution in [0.3, 0.4) is 0 Å². The maximum absolute atomic E-state index is 12.4. The van der Waals surface area contributed by atoms with Crippen LogP contribution in [0.5, 0.6) is 5.75 Å². The number of nitrogens with two attached hydrogens (primary N) is 1. The standard InChI is InChI=1S/C15H15N3O2S/c1-8-9(2)21-15(11(8)7-16)18-14(19)10-5-4-6-12(17)13(10)20-3/h4-6H,17H2,1-3H3,(H,18,19). The average molecular weight is 301 g/mol. The summed E-state index contributed by atoms with van der Waals surface area (Å²) < 4.78 is 5.17. The fourth-order valence-corrected chi connectivity index (χ4v) is 2.99. The highest BCUT2D eigenvalue weighted by Gasteiger charge is 2.18. The average Bonchev–Trinajstić information content (AvgIpc) is 2.72. The van der Waals surface area contributed by atoms with E-state index in [0.29, 0.717) is 27.6 Å². The molecule has 1 heterocycles. The number of methoxy groups -OCH3 is 1. The van der Waals surface area contributed by atoms with E-state index in [1.807, 2.05) is 13.8 Å². The fourth-order valence-electron chi connectivity index (χ4n) is 1.98. The van der Waals surface area contributed by atoms with Gasteiger partial charge in [0.05, 0.1) is 23.9 Å². The molecule has 0 bridgehead atoms. The van der Waals surface area contributed by atoms with Crippen molar-refractivity contribution < 1.29 is 9.53 Å². The smallest absolute Gasteiger partial charge is 0.260 e. The summed E-state index contributed by atoms with van der Waals surface area (Å²) >= 11 is 1.38. The van der Waals surface area contributed by atoms with Gasteiger partial charge in [0.1, 0.15) is 11.1 Å². The Morgan fingerprint density at radius 1 is 1.43 bits per heavy atom. The van der Waals surface area contributed by atoms with Crippen molar-refractivity contribution in [1.29, 1.82) is 5.26 Å². The monoisotopic (exact) mass is 301 g/mol. The van der Waals surface area contributed by atoms with E-state index in [4.69, 9.17) is 10.5 Å². The molecule has 0 aliphatic rings. The van der Waals surface area contributed by atoms with Crippen molar-refractivity contribution in [2.75, 3.05) is 18.2 Å². The molecule has 2 aromatic rings. The first-order valence-electron chi connectivity index (χ1n) is 6.23. The van der Waals surface area contributed by atoms with Gasteiger partial charge in [-0.3, -0.25) is 4.79 Å². The number of thiophene rings is 1. The lowest BCUT2D eigenvalue weighted by Gasteiger charge is -2.10. The molecule has 0 unspecified atom stereocenters. The Morgan fingerprint density at radius 2 is 2.14 bits per heavy atom. The quantitative estimate of drug-likeness (QED) is 0.853. The molecule has 0 radical (unpaired) electrons. The summed E-state index contributed by atoms with van der Waals surface area (Å²) in [6, 6.07) is 7.10. The molecule has 108 valence electrons. The Bertz CT molecular complexity index is 744. The number of benzene rings is 1. The predicted molar refractivity (Wildman–Crippen MR) is 83.9 cm³/mol. The number of nitrogens with one attached hydrogen (secondary N) is 1. The van der Waals surface area contributed by atoms with Crippen molar-refractivity contribution in [3.05, 3.63) is 39.8 Å². The molecule has 0 aliphatic carbocycles. The van der Waals surface area contributed by atoms with Gasteiger partial charge in [-0.05, 0) is 31.5 Å². The largest absolute Gasteiger partial charge is 0.494 e. The zero-order chi connectivity index (χ0) is 15.6. The van der Waals surface area contributed by atoms with Crippen LogP contribution < -0.4 is 15.8 Å². The van der Waals surface area contributed by atoms with Gasteiger partial charge < -0.3 is 15.8 Å². The van der Waals surface area contributed by atoms with Gasteiger partial charge in [0.25, 0.3) is 5.91 Å². The molecule has 0 aliphatic heterocycles. The molecule has 3 N–H and O–H groups in total. The zero-order valence-electron chi connectivity index (χ0n) is 12.0. The van der Waals surface area contributed by atoms with Gasteiger partial charge in [0.15, 0.2) is 5.75 Å². The Hall–Kier alpha value is -2.52. The minimum atomic E-state index is -0.350. The Balaban J connectivity index is 2.38. The van der Waals surface area contributed by atoms with E-state index in [0.717, 1.165) is 10.4 Å². The lowest BCUT2D eigenvalue weighted by atomic mass is 10.1. The summed E-state index contributed by atoms with van der Waals surface area (Å²) in [6.07, 6.45) is 0. The molecule has 0 saturated heterocycles. The van der Waals surface area contributed by atoms with E-state index in [-0.39, 0.29) is 5.91 Å². The van der Waals surface area contributed by atoms with Crippen LogP contribution in [0.25, 0.3) is 0 Å². The lowest BCUT2D eigenvalue weighted by molar-refractivity contribution is 0.102. The highest BCUT2D eigenvalue weighted by molar-refractivity contribution is 7.16.